The van der Waals surface area contributed by atoms with Crippen LogP contribution in [0.2, 0.25) is 0 Å². The Morgan fingerprint density at radius 1 is 1.17 bits per heavy atom. The molecule has 2 rings (SSSR count). The number of benzene rings is 1. The van der Waals surface area contributed by atoms with Gasteiger partial charge in [0.25, 0.3) is 10.0 Å². The third-order valence-corrected chi connectivity index (χ3v) is 4.20. The molecule has 1 aromatic heterocycles. The molecule has 0 aliphatic carbocycles. The number of carbonyl (C=O) groups excluding carboxylic acids is 1. The van der Waals surface area contributed by atoms with Crippen LogP contribution in [0.3, 0.4) is 0 Å². The number of aryl methyl sites for hydroxylation is 1. The van der Waals surface area contributed by atoms with Gasteiger partial charge in [0.05, 0.1) is 10.5 Å². The number of nitrogens with two attached hydrogens (primary N) is 1. The molecule has 2 aromatic rings. The molecular formula is C12H12N2O3S. The fourth-order valence-corrected chi connectivity index (χ4v) is 2.70. The van der Waals surface area contributed by atoms with Crippen LogP contribution in [-0.2, 0) is 10.0 Å². The van der Waals surface area contributed by atoms with Crippen molar-refractivity contribution < 1.29 is 13.2 Å². The molecule has 0 aliphatic rings. The summed E-state index contributed by atoms with van der Waals surface area (Å²) in [6.07, 6.45) is 2.51. The minimum atomic E-state index is -3.66. The largest absolute Gasteiger partial charge is 0.366 e. The minimum absolute atomic E-state index is 0.158. The molecule has 0 radical (unpaired) electrons. The smallest absolute Gasteiger partial charge is 0.267 e. The first-order chi connectivity index (χ1) is 8.41. The van der Waals surface area contributed by atoms with Crippen molar-refractivity contribution in [3.05, 3.63) is 53.9 Å². The Labute approximate surface area is 105 Å². The second-order valence-electron chi connectivity index (χ2n) is 3.91. The van der Waals surface area contributed by atoms with Gasteiger partial charge in [0, 0.05) is 12.4 Å². The fraction of sp³-hybridized carbons (Fsp3) is 0.0833. The van der Waals surface area contributed by atoms with Crippen molar-refractivity contribution in [2.75, 3.05) is 0 Å². The average molecular weight is 264 g/mol. The van der Waals surface area contributed by atoms with Crippen LogP contribution in [0, 0.1) is 6.92 Å². The highest BCUT2D eigenvalue weighted by Gasteiger charge is 2.17. The van der Waals surface area contributed by atoms with Crippen molar-refractivity contribution in [1.82, 2.24) is 3.97 Å². The highest BCUT2D eigenvalue weighted by Crippen LogP contribution is 2.15. The van der Waals surface area contributed by atoms with E-state index in [4.69, 9.17) is 5.73 Å². The summed E-state index contributed by atoms with van der Waals surface area (Å²) in [5.74, 6) is -0.659. The molecule has 0 saturated heterocycles. The third-order valence-electron chi connectivity index (χ3n) is 2.55. The summed E-state index contributed by atoms with van der Waals surface area (Å²) in [5, 5.41) is 0. The topological polar surface area (TPSA) is 82.2 Å². The van der Waals surface area contributed by atoms with E-state index >= 15 is 0 Å². The maximum atomic E-state index is 12.2. The Bertz CT molecular complexity index is 684. The number of nitrogens with zero attached hydrogens (tertiary/aromatic N) is 1. The van der Waals surface area contributed by atoms with E-state index in [1.54, 1.807) is 12.1 Å². The first kappa shape index (κ1) is 12.4. The lowest BCUT2D eigenvalue weighted by atomic mass is 10.2. The zero-order valence-electron chi connectivity index (χ0n) is 9.70. The van der Waals surface area contributed by atoms with E-state index in [9.17, 15) is 13.2 Å². The fourth-order valence-electron chi connectivity index (χ4n) is 1.50. The van der Waals surface area contributed by atoms with Gasteiger partial charge in [0.1, 0.15) is 0 Å². The summed E-state index contributed by atoms with van der Waals surface area (Å²) in [6, 6.07) is 7.84. The molecule has 2 N–H and O–H groups in total. The zero-order valence-corrected chi connectivity index (χ0v) is 10.5. The van der Waals surface area contributed by atoms with Gasteiger partial charge in [-0.1, -0.05) is 17.7 Å². The molecular weight excluding hydrogens is 252 g/mol. The second kappa shape index (κ2) is 4.30. The molecule has 0 fully saturated rings. The maximum Gasteiger partial charge on any atom is 0.267 e. The highest BCUT2D eigenvalue weighted by atomic mass is 32.2. The summed E-state index contributed by atoms with van der Waals surface area (Å²) < 4.78 is 25.4. The molecule has 0 unspecified atom stereocenters. The SMILES string of the molecule is Cc1ccc(S(=O)(=O)n2ccc(C(N)=O)c2)cc1. The van der Waals surface area contributed by atoms with Crippen molar-refractivity contribution >= 4 is 15.9 Å². The first-order valence-corrected chi connectivity index (χ1v) is 6.65. The summed E-state index contributed by atoms with van der Waals surface area (Å²) in [6.45, 7) is 1.87. The maximum absolute atomic E-state index is 12.2. The molecule has 0 saturated carbocycles. The number of hydrogen-bond donors (Lipinski definition) is 1. The van der Waals surface area contributed by atoms with Crippen LogP contribution >= 0.6 is 0 Å². The van der Waals surface area contributed by atoms with E-state index in [0.717, 1.165) is 9.54 Å². The Morgan fingerprint density at radius 3 is 2.28 bits per heavy atom. The van der Waals surface area contributed by atoms with Gasteiger partial charge in [-0.3, -0.25) is 4.79 Å². The van der Waals surface area contributed by atoms with Gasteiger partial charge in [-0.2, -0.15) is 0 Å². The lowest BCUT2D eigenvalue weighted by Crippen LogP contribution is -2.13. The number of rotatable bonds is 3. The highest BCUT2D eigenvalue weighted by molar-refractivity contribution is 7.90. The average Bonchev–Trinajstić information content (AvgIpc) is 2.79. The quantitative estimate of drug-likeness (QED) is 0.902. The molecule has 94 valence electrons. The number of amides is 1. The van der Waals surface area contributed by atoms with Gasteiger partial charge in [0.2, 0.25) is 5.91 Å². The number of hydrogen-bond acceptors (Lipinski definition) is 3. The molecule has 0 atom stereocenters. The van der Waals surface area contributed by atoms with Crippen LogP contribution in [0.1, 0.15) is 15.9 Å². The standard InChI is InChI=1S/C12H12N2O3S/c1-9-2-4-11(5-3-9)18(16,17)14-7-6-10(8-14)12(13)15/h2-8H,1H3,(H2,13,15). The molecule has 18 heavy (non-hydrogen) atoms. The van der Waals surface area contributed by atoms with Gasteiger partial charge in [-0.05, 0) is 25.1 Å². The van der Waals surface area contributed by atoms with Gasteiger partial charge in [-0.15, -0.1) is 0 Å². The van der Waals surface area contributed by atoms with Crippen LogP contribution in [0.15, 0.2) is 47.6 Å². The van der Waals surface area contributed by atoms with Crippen LogP contribution in [-0.4, -0.2) is 18.3 Å². The number of primary amides is 1. The number of carbonyl (C=O) groups is 1. The predicted octanol–water partition coefficient (Wildman–Crippen LogP) is 1.13. The Morgan fingerprint density at radius 2 is 1.78 bits per heavy atom. The minimum Gasteiger partial charge on any atom is -0.366 e. The van der Waals surface area contributed by atoms with Gasteiger partial charge in [-0.25, -0.2) is 12.4 Å². The molecule has 1 amide bonds. The summed E-state index contributed by atoms with van der Waals surface area (Å²) >= 11 is 0. The van der Waals surface area contributed by atoms with E-state index < -0.39 is 15.9 Å². The molecule has 1 aromatic carbocycles. The molecule has 5 nitrogen and oxygen atoms in total. The number of aromatic nitrogens is 1. The van der Waals surface area contributed by atoms with E-state index in [2.05, 4.69) is 0 Å². The van der Waals surface area contributed by atoms with Crippen LogP contribution < -0.4 is 5.73 Å². The van der Waals surface area contributed by atoms with Crippen molar-refractivity contribution in [2.24, 2.45) is 5.73 Å². The third kappa shape index (κ3) is 2.14. The second-order valence-corrected chi connectivity index (χ2v) is 5.76. The first-order valence-electron chi connectivity index (χ1n) is 5.21. The summed E-state index contributed by atoms with van der Waals surface area (Å²) in [7, 11) is -3.66. The zero-order chi connectivity index (χ0) is 13.3. The van der Waals surface area contributed by atoms with Crippen LogP contribution in [0.4, 0.5) is 0 Å². The molecule has 0 spiro atoms. The summed E-state index contributed by atoms with van der Waals surface area (Å²) in [4.78, 5) is 11.1. The van der Waals surface area contributed by atoms with Crippen LogP contribution in [0.25, 0.3) is 0 Å². The van der Waals surface area contributed by atoms with Gasteiger partial charge in [0.15, 0.2) is 0 Å². The van der Waals surface area contributed by atoms with E-state index in [1.807, 2.05) is 6.92 Å². The Hall–Kier alpha value is -2.08. The van der Waals surface area contributed by atoms with Crippen molar-refractivity contribution in [3.63, 3.8) is 0 Å². The lowest BCUT2D eigenvalue weighted by Gasteiger charge is -2.05. The predicted molar refractivity (Wildman–Crippen MR) is 66.7 cm³/mol. The lowest BCUT2D eigenvalue weighted by molar-refractivity contribution is 0.100. The molecule has 6 heteroatoms. The van der Waals surface area contributed by atoms with Crippen molar-refractivity contribution in [1.29, 1.82) is 0 Å². The normalized spacial score (nSPS) is 11.4. The van der Waals surface area contributed by atoms with E-state index in [0.29, 0.717) is 0 Å². The molecule has 1 heterocycles. The monoisotopic (exact) mass is 264 g/mol. The Kier molecular flexibility index (Phi) is 2.96. The van der Waals surface area contributed by atoms with E-state index in [-0.39, 0.29) is 10.5 Å². The Balaban J connectivity index is 2.47. The van der Waals surface area contributed by atoms with Gasteiger partial charge >= 0.3 is 0 Å². The van der Waals surface area contributed by atoms with Crippen LogP contribution in [0.5, 0.6) is 0 Å². The molecule has 0 aliphatic heterocycles. The molecule has 0 bridgehead atoms. The van der Waals surface area contributed by atoms with Crippen molar-refractivity contribution in [3.8, 4) is 0 Å². The van der Waals surface area contributed by atoms with Crippen molar-refractivity contribution in [2.45, 2.75) is 11.8 Å². The van der Waals surface area contributed by atoms with E-state index in [1.165, 1.54) is 30.6 Å². The van der Waals surface area contributed by atoms with Gasteiger partial charge < -0.3 is 5.73 Å². The summed E-state index contributed by atoms with van der Waals surface area (Å²) in [5.41, 5.74) is 6.21.